The van der Waals surface area contributed by atoms with Crippen molar-refractivity contribution in [1.82, 2.24) is 9.97 Å². The van der Waals surface area contributed by atoms with Crippen molar-refractivity contribution in [3.8, 4) is 11.4 Å². The molecular weight excluding hydrogens is 460 g/mol. The van der Waals surface area contributed by atoms with Gasteiger partial charge in [0.1, 0.15) is 0 Å². The Labute approximate surface area is 235 Å². The van der Waals surface area contributed by atoms with Gasteiger partial charge in [0, 0.05) is 18.0 Å². The molecule has 0 unspecified atom stereocenters. The maximum atomic E-state index is 4.67. The topological polar surface area (TPSA) is 25.8 Å². The molecular formula is C36H56N2. The lowest BCUT2D eigenvalue weighted by Crippen LogP contribution is -2.13. The Kier molecular flexibility index (Phi) is 15.4. The summed E-state index contributed by atoms with van der Waals surface area (Å²) >= 11 is 0. The molecule has 1 aromatic carbocycles. The highest BCUT2D eigenvalue weighted by molar-refractivity contribution is 5.55. The third-order valence-electron chi connectivity index (χ3n) is 8.60. The van der Waals surface area contributed by atoms with Crippen LogP contribution in [-0.2, 0) is 12.8 Å². The molecule has 1 aliphatic rings. The molecule has 0 amide bonds. The fourth-order valence-corrected chi connectivity index (χ4v) is 5.98. The van der Waals surface area contributed by atoms with Crippen molar-refractivity contribution < 1.29 is 0 Å². The molecule has 210 valence electrons. The van der Waals surface area contributed by atoms with Crippen LogP contribution in [0.1, 0.15) is 141 Å². The van der Waals surface area contributed by atoms with Gasteiger partial charge in [-0.15, -0.1) is 0 Å². The molecule has 0 saturated heterocycles. The van der Waals surface area contributed by atoms with E-state index in [0.29, 0.717) is 0 Å². The lowest BCUT2D eigenvalue weighted by molar-refractivity contribution is 0.289. The molecule has 1 aromatic heterocycles. The predicted molar refractivity (Wildman–Crippen MR) is 165 cm³/mol. The second-order valence-electron chi connectivity index (χ2n) is 11.9. The highest BCUT2D eigenvalue weighted by Gasteiger charge is 2.18. The van der Waals surface area contributed by atoms with E-state index in [9.17, 15) is 0 Å². The summed E-state index contributed by atoms with van der Waals surface area (Å²) in [4.78, 5) is 9.33. The molecule has 2 heteroatoms. The van der Waals surface area contributed by atoms with Crippen molar-refractivity contribution >= 4 is 0 Å². The quantitative estimate of drug-likeness (QED) is 0.137. The van der Waals surface area contributed by atoms with Crippen molar-refractivity contribution in [2.24, 2.45) is 11.8 Å². The number of hydrogen-bond acceptors (Lipinski definition) is 2. The Balaban J connectivity index is 1.29. The van der Waals surface area contributed by atoms with Gasteiger partial charge in [-0.1, -0.05) is 127 Å². The molecule has 1 fully saturated rings. The molecule has 0 spiro atoms. The fourth-order valence-electron chi connectivity index (χ4n) is 5.98. The Bertz CT molecular complexity index is 859. The van der Waals surface area contributed by atoms with Crippen LogP contribution in [0.3, 0.4) is 0 Å². The standard InChI is InChI=1S/C36H56N2/c1-3-5-7-8-9-10-11-12-14-20-34-29-37-36(38-30-34)35-27-25-33(26-28-35)19-16-15-18-32-23-21-31(22-24-32)17-13-6-4-2/h15,18,25-32H,3-14,16-17,19-24H2,1-2H3/t31-,32-. The molecule has 2 aromatic rings. The second-order valence-corrected chi connectivity index (χ2v) is 11.9. The van der Waals surface area contributed by atoms with Crippen LogP contribution in [0, 0.1) is 11.8 Å². The van der Waals surface area contributed by atoms with Crippen LogP contribution in [0.2, 0.25) is 0 Å². The zero-order valence-corrected chi connectivity index (χ0v) is 24.8. The molecule has 0 N–H and O–H groups in total. The average molecular weight is 517 g/mol. The van der Waals surface area contributed by atoms with Crippen molar-refractivity contribution in [2.75, 3.05) is 0 Å². The molecule has 38 heavy (non-hydrogen) atoms. The van der Waals surface area contributed by atoms with Gasteiger partial charge in [-0.2, -0.15) is 0 Å². The van der Waals surface area contributed by atoms with E-state index >= 15 is 0 Å². The highest BCUT2D eigenvalue weighted by Crippen LogP contribution is 2.32. The van der Waals surface area contributed by atoms with E-state index in [1.165, 1.54) is 120 Å². The predicted octanol–water partition coefficient (Wildman–Crippen LogP) is 11.1. The van der Waals surface area contributed by atoms with Gasteiger partial charge in [-0.05, 0) is 74.3 Å². The van der Waals surface area contributed by atoms with Gasteiger partial charge >= 0.3 is 0 Å². The van der Waals surface area contributed by atoms with Crippen LogP contribution in [0.5, 0.6) is 0 Å². The third-order valence-corrected chi connectivity index (χ3v) is 8.60. The fraction of sp³-hybridized carbons (Fsp3) is 0.667. The molecule has 1 heterocycles. The minimum Gasteiger partial charge on any atom is -0.236 e. The van der Waals surface area contributed by atoms with E-state index in [-0.39, 0.29) is 0 Å². The summed E-state index contributed by atoms with van der Waals surface area (Å²) in [6.45, 7) is 4.59. The van der Waals surface area contributed by atoms with Gasteiger partial charge in [-0.25, -0.2) is 9.97 Å². The molecule has 3 rings (SSSR count). The first-order valence-corrected chi connectivity index (χ1v) is 16.3. The van der Waals surface area contributed by atoms with Gasteiger partial charge in [0.05, 0.1) is 0 Å². The molecule has 0 bridgehead atoms. The number of benzene rings is 1. The van der Waals surface area contributed by atoms with Crippen LogP contribution < -0.4 is 0 Å². The maximum Gasteiger partial charge on any atom is 0.159 e. The first-order valence-electron chi connectivity index (χ1n) is 16.3. The van der Waals surface area contributed by atoms with Crippen LogP contribution in [0.25, 0.3) is 11.4 Å². The lowest BCUT2D eigenvalue weighted by atomic mass is 9.79. The molecule has 0 radical (unpaired) electrons. The van der Waals surface area contributed by atoms with Crippen LogP contribution in [-0.4, -0.2) is 9.97 Å². The second kappa shape index (κ2) is 19.2. The van der Waals surface area contributed by atoms with Gasteiger partial charge in [0.15, 0.2) is 5.82 Å². The van der Waals surface area contributed by atoms with Crippen molar-refractivity contribution in [3.05, 3.63) is 59.9 Å². The van der Waals surface area contributed by atoms with Gasteiger partial charge in [0.2, 0.25) is 0 Å². The van der Waals surface area contributed by atoms with Crippen LogP contribution >= 0.6 is 0 Å². The first-order chi connectivity index (χ1) is 18.8. The van der Waals surface area contributed by atoms with E-state index < -0.39 is 0 Å². The molecule has 1 aliphatic carbocycles. The molecule has 0 aliphatic heterocycles. The Morgan fingerprint density at radius 2 is 1.26 bits per heavy atom. The Morgan fingerprint density at radius 3 is 1.92 bits per heavy atom. The monoisotopic (exact) mass is 516 g/mol. The Hall–Kier alpha value is -1.96. The number of rotatable bonds is 19. The van der Waals surface area contributed by atoms with Crippen LogP contribution in [0.15, 0.2) is 48.8 Å². The normalized spacial score (nSPS) is 17.8. The van der Waals surface area contributed by atoms with E-state index in [0.717, 1.165) is 42.5 Å². The highest BCUT2D eigenvalue weighted by atomic mass is 14.9. The van der Waals surface area contributed by atoms with Crippen molar-refractivity contribution in [2.45, 2.75) is 142 Å². The largest absolute Gasteiger partial charge is 0.236 e. The summed E-state index contributed by atoms with van der Waals surface area (Å²) in [7, 11) is 0. The number of hydrogen-bond donors (Lipinski definition) is 0. The van der Waals surface area contributed by atoms with Gasteiger partial charge < -0.3 is 0 Å². The molecule has 1 saturated carbocycles. The zero-order valence-electron chi connectivity index (χ0n) is 24.8. The summed E-state index contributed by atoms with van der Waals surface area (Å²) < 4.78 is 0. The van der Waals surface area contributed by atoms with E-state index in [1.807, 2.05) is 12.4 Å². The summed E-state index contributed by atoms with van der Waals surface area (Å²) in [5.41, 5.74) is 3.79. The van der Waals surface area contributed by atoms with Gasteiger partial charge in [0.25, 0.3) is 0 Å². The number of aromatic nitrogens is 2. The first kappa shape index (κ1) is 30.6. The molecule has 2 nitrogen and oxygen atoms in total. The SMILES string of the molecule is CCCCCCCCCCCc1cnc(-c2ccc(CCC=C[C@H]3CC[C@H](CCCCC)CC3)cc2)nc1. The number of allylic oxidation sites excluding steroid dienone is 2. The van der Waals surface area contributed by atoms with Crippen molar-refractivity contribution in [3.63, 3.8) is 0 Å². The number of unbranched alkanes of at least 4 members (excludes halogenated alkanes) is 10. The summed E-state index contributed by atoms with van der Waals surface area (Å²) in [5.74, 6) is 2.67. The summed E-state index contributed by atoms with van der Waals surface area (Å²) in [5, 5.41) is 0. The third kappa shape index (κ3) is 12.3. The summed E-state index contributed by atoms with van der Waals surface area (Å²) in [6.07, 6.45) is 36.1. The maximum absolute atomic E-state index is 4.67. The zero-order chi connectivity index (χ0) is 26.7. The number of aryl methyl sites for hydroxylation is 2. The molecule has 0 atom stereocenters. The van der Waals surface area contributed by atoms with E-state index in [4.69, 9.17) is 0 Å². The number of nitrogens with zero attached hydrogens (tertiary/aromatic N) is 2. The van der Waals surface area contributed by atoms with E-state index in [2.05, 4.69) is 60.2 Å². The van der Waals surface area contributed by atoms with E-state index in [1.54, 1.807) is 0 Å². The smallest absolute Gasteiger partial charge is 0.159 e. The lowest BCUT2D eigenvalue weighted by Gasteiger charge is -2.26. The van der Waals surface area contributed by atoms with Gasteiger partial charge in [-0.3, -0.25) is 0 Å². The Morgan fingerprint density at radius 1 is 0.658 bits per heavy atom. The average Bonchev–Trinajstić information content (AvgIpc) is 2.96. The van der Waals surface area contributed by atoms with Crippen LogP contribution in [0.4, 0.5) is 0 Å². The summed E-state index contributed by atoms with van der Waals surface area (Å²) in [6, 6.07) is 8.89. The van der Waals surface area contributed by atoms with Crippen molar-refractivity contribution in [1.29, 1.82) is 0 Å². The minimum atomic E-state index is 0.820. The minimum absolute atomic E-state index is 0.820.